The summed E-state index contributed by atoms with van der Waals surface area (Å²) < 4.78 is 5.95. The maximum absolute atomic E-state index is 6.18. The summed E-state index contributed by atoms with van der Waals surface area (Å²) >= 11 is 9.63. The summed E-state index contributed by atoms with van der Waals surface area (Å²) in [4.78, 5) is 4.44. The molecule has 4 heteroatoms. The maximum Gasteiger partial charge on any atom is 0.125 e. The van der Waals surface area contributed by atoms with Gasteiger partial charge in [-0.05, 0) is 18.2 Å². The summed E-state index contributed by atoms with van der Waals surface area (Å²) in [6.07, 6.45) is 1.80. The predicted molar refractivity (Wildman–Crippen MR) is 90.2 cm³/mol. The van der Waals surface area contributed by atoms with Gasteiger partial charge in [-0.1, -0.05) is 57.9 Å². The molecule has 21 heavy (non-hydrogen) atoms. The van der Waals surface area contributed by atoms with Crippen LogP contribution in [0.25, 0.3) is 10.9 Å². The van der Waals surface area contributed by atoms with Crippen LogP contribution in [0.15, 0.2) is 54.7 Å². The van der Waals surface area contributed by atoms with Crippen LogP contribution in [-0.4, -0.2) is 4.98 Å². The second-order valence-electron chi connectivity index (χ2n) is 4.63. The van der Waals surface area contributed by atoms with E-state index < -0.39 is 0 Å². The zero-order valence-corrected chi connectivity index (χ0v) is 13.6. The average Bonchev–Trinajstić information content (AvgIpc) is 2.53. The molecular formula is C17H13BrClNO. The summed E-state index contributed by atoms with van der Waals surface area (Å²) in [5.74, 6) is 0.798. The molecule has 0 aliphatic rings. The molecule has 0 amide bonds. The van der Waals surface area contributed by atoms with Crippen LogP contribution in [-0.2, 0) is 11.9 Å². The third-order valence-electron chi connectivity index (χ3n) is 3.31. The fourth-order valence-electron chi connectivity index (χ4n) is 2.24. The third-order valence-corrected chi connectivity index (χ3v) is 4.22. The topological polar surface area (TPSA) is 22.1 Å². The number of nitrogens with zero attached hydrogens (tertiary/aromatic N) is 1. The lowest BCUT2D eigenvalue weighted by molar-refractivity contribution is 0.305. The van der Waals surface area contributed by atoms with Crippen molar-refractivity contribution >= 4 is 38.4 Å². The average molecular weight is 363 g/mol. The summed E-state index contributed by atoms with van der Waals surface area (Å²) in [6.45, 7) is 0.467. The van der Waals surface area contributed by atoms with Gasteiger partial charge in [-0.25, -0.2) is 0 Å². The van der Waals surface area contributed by atoms with Crippen molar-refractivity contribution in [2.45, 2.75) is 11.9 Å². The second kappa shape index (κ2) is 6.46. The third kappa shape index (κ3) is 3.04. The SMILES string of the molecule is Clc1cccc(OCc2cccc3cccnc23)c1CBr. The number of halogens is 2. The zero-order chi connectivity index (χ0) is 14.7. The first-order chi connectivity index (χ1) is 10.3. The fourth-order valence-corrected chi connectivity index (χ4v) is 3.22. The highest BCUT2D eigenvalue weighted by molar-refractivity contribution is 9.08. The Morgan fingerprint density at radius 2 is 1.86 bits per heavy atom. The molecule has 0 radical (unpaired) electrons. The van der Waals surface area contributed by atoms with Crippen LogP contribution in [0.2, 0.25) is 5.02 Å². The van der Waals surface area contributed by atoms with Crippen molar-refractivity contribution in [1.29, 1.82) is 0 Å². The van der Waals surface area contributed by atoms with Crippen LogP contribution < -0.4 is 4.74 Å². The first-order valence-corrected chi connectivity index (χ1v) is 8.08. The van der Waals surface area contributed by atoms with E-state index in [0.717, 1.165) is 27.8 Å². The number of para-hydroxylation sites is 1. The van der Waals surface area contributed by atoms with Gasteiger partial charge in [0.1, 0.15) is 12.4 Å². The summed E-state index contributed by atoms with van der Waals surface area (Å²) in [6, 6.07) is 15.8. The van der Waals surface area contributed by atoms with E-state index in [1.165, 1.54) is 0 Å². The van der Waals surface area contributed by atoms with Crippen molar-refractivity contribution in [3.05, 3.63) is 70.9 Å². The number of hydrogen-bond donors (Lipinski definition) is 0. The van der Waals surface area contributed by atoms with Crippen molar-refractivity contribution < 1.29 is 4.74 Å². The lowest BCUT2D eigenvalue weighted by Gasteiger charge is -2.12. The van der Waals surface area contributed by atoms with Crippen molar-refractivity contribution in [3.63, 3.8) is 0 Å². The highest BCUT2D eigenvalue weighted by Gasteiger charge is 2.08. The standard InChI is InChI=1S/C17H13BrClNO/c18-10-14-15(19)7-2-8-16(14)21-11-13-5-1-4-12-6-3-9-20-17(12)13/h1-9H,10-11H2. The molecule has 0 spiro atoms. The van der Waals surface area contributed by atoms with Crippen molar-refractivity contribution in [3.8, 4) is 5.75 Å². The van der Waals surface area contributed by atoms with Gasteiger partial charge in [-0.15, -0.1) is 0 Å². The molecule has 0 aliphatic heterocycles. The Morgan fingerprint density at radius 1 is 1.05 bits per heavy atom. The van der Waals surface area contributed by atoms with Crippen LogP contribution in [0, 0.1) is 0 Å². The van der Waals surface area contributed by atoms with Gasteiger partial charge in [0.15, 0.2) is 0 Å². The van der Waals surface area contributed by atoms with E-state index in [-0.39, 0.29) is 0 Å². The monoisotopic (exact) mass is 361 g/mol. The smallest absolute Gasteiger partial charge is 0.125 e. The normalized spacial score (nSPS) is 10.8. The van der Waals surface area contributed by atoms with Crippen LogP contribution in [0.5, 0.6) is 5.75 Å². The highest BCUT2D eigenvalue weighted by Crippen LogP contribution is 2.29. The fraction of sp³-hybridized carbons (Fsp3) is 0.118. The number of pyridine rings is 1. The molecule has 0 fully saturated rings. The number of fused-ring (bicyclic) bond motifs is 1. The number of rotatable bonds is 4. The van der Waals surface area contributed by atoms with Gasteiger partial charge in [-0.2, -0.15) is 0 Å². The van der Waals surface area contributed by atoms with Gasteiger partial charge in [0, 0.05) is 33.1 Å². The molecule has 3 rings (SSSR count). The van der Waals surface area contributed by atoms with E-state index in [9.17, 15) is 0 Å². The quantitative estimate of drug-likeness (QED) is 0.583. The zero-order valence-electron chi connectivity index (χ0n) is 11.2. The van der Waals surface area contributed by atoms with Gasteiger partial charge >= 0.3 is 0 Å². The number of benzene rings is 2. The molecule has 3 aromatic rings. The molecule has 0 bridgehead atoms. The number of ether oxygens (including phenoxy) is 1. The molecule has 0 N–H and O–H groups in total. The Hall–Kier alpha value is -1.58. The lowest BCUT2D eigenvalue weighted by atomic mass is 10.1. The molecule has 0 saturated heterocycles. The van der Waals surface area contributed by atoms with Crippen LogP contribution in [0.1, 0.15) is 11.1 Å². The summed E-state index contributed by atoms with van der Waals surface area (Å²) in [5.41, 5.74) is 3.00. The number of alkyl halides is 1. The van der Waals surface area contributed by atoms with E-state index in [0.29, 0.717) is 17.0 Å². The first kappa shape index (κ1) is 14.4. The van der Waals surface area contributed by atoms with Gasteiger partial charge in [0.2, 0.25) is 0 Å². The lowest BCUT2D eigenvalue weighted by Crippen LogP contribution is -1.99. The second-order valence-corrected chi connectivity index (χ2v) is 5.60. The molecule has 2 aromatic carbocycles. The van der Waals surface area contributed by atoms with Crippen molar-refractivity contribution in [1.82, 2.24) is 4.98 Å². The first-order valence-electron chi connectivity index (χ1n) is 6.58. The van der Waals surface area contributed by atoms with E-state index in [4.69, 9.17) is 16.3 Å². The molecule has 0 atom stereocenters. The number of hydrogen-bond acceptors (Lipinski definition) is 2. The largest absolute Gasteiger partial charge is 0.488 e. The molecule has 0 saturated carbocycles. The van der Waals surface area contributed by atoms with Gasteiger partial charge in [0.05, 0.1) is 5.52 Å². The minimum atomic E-state index is 0.467. The molecule has 1 heterocycles. The van der Waals surface area contributed by atoms with E-state index in [1.807, 2.05) is 36.4 Å². The molecule has 0 aliphatic carbocycles. The Morgan fingerprint density at radius 3 is 2.71 bits per heavy atom. The van der Waals surface area contributed by atoms with Gasteiger partial charge in [-0.3, -0.25) is 4.98 Å². The van der Waals surface area contributed by atoms with E-state index in [2.05, 4.69) is 33.0 Å². The van der Waals surface area contributed by atoms with Gasteiger partial charge in [0.25, 0.3) is 0 Å². The molecular weight excluding hydrogens is 350 g/mol. The molecule has 106 valence electrons. The number of aromatic nitrogens is 1. The Labute approximate surface area is 136 Å². The van der Waals surface area contributed by atoms with Crippen LogP contribution in [0.3, 0.4) is 0 Å². The Kier molecular flexibility index (Phi) is 4.42. The summed E-state index contributed by atoms with van der Waals surface area (Å²) in [7, 11) is 0. The minimum Gasteiger partial charge on any atom is -0.488 e. The van der Waals surface area contributed by atoms with E-state index in [1.54, 1.807) is 6.20 Å². The molecule has 1 aromatic heterocycles. The molecule has 0 unspecified atom stereocenters. The Bertz CT molecular complexity index is 770. The Balaban J connectivity index is 1.89. The van der Waals surface area contributed by atoms with Gasteiger partial charge < -0.3 is 4.74 Å². The van der Waals surface area contributed by atoms with Crippen molar-refractivity contribution in [2.24, 2.45) is 0 Å². The van der Waals surface area contributed by atoms with Crippen LogP contribution in [0.4, 0.5) is 0 Å². The molecule has 2 nitrogen and oxygen atoms in total. The maximum atomic E-state index is 6.18. The predicted octanol–water partition coefficient (Wildman–Crippen LogP) is 5.36. The summed E-state index contributed by atoms with van der Waals surface area (Å²) in [5, 5.41) is 2.49. The van der Waals surface area contributed by atoms with Crippen LogP contribution >= 0.6 is 27.5 Å². The minimum absolute atomic E-state index is 0.467. The van der Waals surface area contributed by atoms with E-state index >= 15 is 0 Å². The highest BCUT2D eigenvalue weighted by atomic mass is 79.9. The van der Waals surface area contributed by atoms with Crippen molar-refractivity contribution in [2.75, 3.05) is 0 Å².